The molecule has 1 N–H and O–H groups in total. The van der Waals surface area contributed by atoms with Crippen molar-refractivity contribution < 1.29 is 4.79 Å². The van der Waals surface area contributed by atoms with Gasteiger partial charge in [0, 0.05) is 12.8 Å². The van der Waals surface area contributed by atoms with E-state index in [1.165, 1.54) is 0 Å². The van der Waals surface area contributed by atoms with E-state index in [1.807, 2.05) is 0 Å². The summed E-state index contributed by atoms with van der Waals surface area (Å²) in [5, 5.41) is 13.1. The highest BCUT2D eigenvalue weighted by Crippen LogP contribution is 1.98. The van der Waals surface area contributed by atoms with Crippen LogP contribution in [0.2, 0.25) is 0 Å². The molecule has 0 saturated heterocycles. The van der Waals surface area contributed by atoms with Gasteiger partial charge >= 0.3 is 0 Å². The molecule has 0 aliphatic heterocycles. The van der Waals surface area contributed by atoms with Crippen molar-refractivity contribution in [1.82, 2.24) is 20.6 Å². The minimum atomic E-state index is -0.103. The van der Waals surface area contributed by atoms with Crippen LogP contribution in [-0.2, 0) is 11.2 Å². The Kier molecular flexibility index (Phi) is 3.03. The van der Waals surface area contributed by atoms with Crippen molar-refractivity contribution in [2.75, 3.05) is 0 Å². The normalized spacial score (nSPS) is 9.91. The van der Waals surface area contributed by atoms with Gasteiger partial charge in [-0.3, -0.25) is 4.79 Å². The second-order valence-electron chi connectivity index (χ2n) is 2.08. The summed E-state index contributed by atoms with van der Waals surface area (Å²) in [6.07, 6.45) is 1.85. The molecule has 0 fully saturated rings. The van der Waals surface area contributed by atoms with Gasteiger partial charge in [0.2, 0.25) is 0 Å². The second kappa shape index (κ2) is 4.07. The Bertz CT molecular complexity index is 222. The minimum absolute atomic E-state index is 0.103. The lowest BCUT2D eigenvalue weighted by Crippen LogP contribution is -1.92. The highest BCUT2D eigenvalue weighted by Gasteiger charge is 1.99. The quantitative estimate of drug-likeness (QED) is 0.626. The summed E-state index contributed by atoms with van der Waals surface area (Å²) in [4.78, 5) is 10.4. The van der Waals surface area contributed by atoms with E-state index in [-0.39, 0.29) is 5.12 Å². The molecule has 0 radical (unpaired) electrons. The van der Waals surface area contributed by atoms with Crippen molar-refractivity contribution >= 4 is 17.7 Å². The third kappa shape index (κ3) is 3.13. The zero-order valence-corrected chi connectivity index (χ0v) is 6.71. The van der Waals surface area contributed by atoms with Gasteiger partial charge in [-0.2, -0.15) is 5.21 Å². The molecule has 1 heterocycles. The molecule has 0 amide bonds. The Hall–Kier alpha value is -0.910. The maximum absolute atomic E-state index is 10.4. The number of hydrogen-bond acceptors (Lipinski definition) is 4. The lowest BCUT2D eigenvalue weighted by atomic mass is 10.2. The fraction of sp³-hybridized carbons (Fsp3) is 0.600. The third-order valence-electron chi connectivity index (χ3n) is 1.18. The van der Waals surface area contributed by atoms with Crippen LogP contribution >= 0.6 is 12.6 Å². The van der Waals surface area contributed by atoms with Gasteiger partial charge < -0.3 is 0 Å². The van der Waals surface area contributed by atoms with Crippen LogP contribution in [0.4, 0.5) is 0 Å². The monoisotopic (exact) mass is 172 g/mol. The van der Waals surface area contributed by atoms with E-state index in [4.69, 9.17) is 0 Å². The number of aromatic amines is 1. The number of nitrogens with zero attached hydrogens (tertiary/aromatic N) is 3. The summed E-state index contributed by atoms with van der Waals surface area (Å²) in [6, 6.07) is 0. The van der Waals surface area contributed by atoms with E-state index in [0.29, 0.717) is 18.7 Å². The molecule has 0 saturated carbocycles. The summed E-state index contributed by atoms with van der Waals surface area (Å²) in [5.41, 5.74) is 0. The Balaban J connectivity index is 2.19. The summed E-state index contributed by atoms with van der Waals surface area (Å²) in [5.74, 6) is 0.639. The largest absolute Gasteiger partial charge is 0.288 e. The molecule has 5 nitrogen and oxygen atoms in total. The molecule has 0 atom stereocenters. The first kappa shape index (κ1) is 8.19. The molecular formula is C5H8N4OS. The molecule has 0 aliphatic rings. The van der Waals surface area contributed by atoms with Gasteiger partial charge in [0.25, 0.3) is 0 Å². The number of carbonyl (C=O) groups is 1. The number of H-pyrrole nitrogens is 1. The van der Waals surface area contributed by atoms with Crippen LogP contribution in [-0.4, -0.2) is 25.7 Å². The van der Waals surface area contributed by atoms with Crippen molar-refractivity contribution in [3.8, 4) is 0 Å². The molecule has 1 rings (SSSR count). The highest BCUT2D eigenvalue weighted by molar-refractivity contribution is 7.96. The third-order valence-corrected chi connectivity index (χ3v) is 1.40. The first-order chi connectivity index (χ1) is 5.29. The molecular weight excluding hydrogens is 164 g/mol. The number of hydrogen-bond donors (Lipinski definition) is 2. The van der Waals surface area contributed by atoms with Gasteiger partial charge in [-0.05, 0) is 6.42 Å². The van der Waals surface area contributed by atoms with Crippen LogP contribution in [0, 0.1) is 0 Å². The molecule has 1 aromatic heterocycles. The molecule has 1 aromatic rings. The number of thiol groups is 1. The van der Waals surface area contributed by atoms with Crippen LogP contribution in [0.3, 0.4) is 0 Å². The predicted molar refractivity (Wildman–Crippen MR) is 41.1 cm³/mol. The fourth-order valence-electron chi connectivity index (χ4n) is 0.686. The van der Waals surface area contributed by atoms with E-state index in [2.05, 4.69) is 33.3 Å². The van der Waals surface area contributed by atoms with E-state index < -0.39 is 0 Å². The minimum Gasteiger partial charge on any atom is -0.288 e. The zero-order valence-electron chi connectivity index (χ0n) is 5.82. The lowest BCUT2D eigenvalue weighted by molar-refractivity contribution is -0.110. The average molecular weight is 172 g/mol. The average Bonchev–Trinajstić information content (AvgIpc) is 2.39. The molecule has 0 aliphatic carbocycles. The SMILES string of the molecule is O=C(S)CCCc1nn[nH]n1. The fourth-order valence-corrected chi connectivity index (χ4v) is 0.844. The molecule has 0 bridgehead atoms. The van der Waals surface area contributed by atoms with E-state index in [0.717, 1.165) is 6.42 Å². The van der Waals surface area contributed by atoms with Gasteiger partial charge in [0.05, 0.1) is 0 Å². The standard InChI is InChI=1S/C5H8N4OS/c10-5(11)3-1-2-4-6-8-9-7-4/h1-3H2,(H,10,11)(H,6,7,8,9). The molecule has 0 spiro atoms. The summed E-state index contributed by atoms with van der Waals surface area (Å²) >= 11 is 3.63. The number of aryl methyl sites for hydroxylation is 1. The first-order valence-electron chi connectivity index (χ1n) is 3.23. The summed E-state index contributed by atoms with van der Waals surface area (Å²) in [7, 11) is 0. The van der Waals surface area contributed by atoms with Gasteiger partial charge in [0.1, 0.15) is 0 Å². The molecule has 0 aromatic carbocycles. The predicted octanol–water partition coefficient (Wildman–Crippen LogP) is -0.0212. The topological polar surface area (TPSA) is 71.5 Å². The Morgan fingerprint density at radius 1 is 1.64 bits per heavy atom. The lowest BCUT2D eigenvalue weighted by Gasteiger charge is -1.89. The van der Waals surface area contributed by atoms with E-state index >= 15 is 0 Å². The molecule has 60 valence electrons. The van der Waals surface area contributed by atoms with Gasteiger partial charge in [-0.15, -0.1) is 22.8 Å². The molecule has 11 heavy (non-hydrogen) atoms. The van der Waals surface area contributed by atoms with Crippen molar-refractivity contribution in [2.45, 2.75) is 19.3 Å². The number of rotatable bonds is 4. The zero-order chi connectivity index (χ0) is 8.10. The summed E-state index contributed by atoms with van der Waals surface area (Å²) in [6.45, 7) is 0. The van der Waals surface area contributed by atoms with Crippen LogP contribution in [0.1, 0.15) is 18.7 Å². The number of carbonyl (C=O) groups excluding carboxylic acids is 1. The Morgan fingerprint density at radius 2 is 2.45 bits per heavy atom. The Labute approximate surface area is 69.0 Å². The van der Waals surface area contributed by atoms with Gasteiger partial charge in [0.15, 0.2) is 10.9 Å². The van der Waals surface area contributed by atoms with Crippen LogP contribution < -0.4 is 0 Å². The maximum atomic E-state index is 10.4. The number of aromatic nitrogens is 4. The smallest absolute Gasteiger partial charge is 0.185 e. The van der Waals surface area contributed by atoms with Crippen molar-refractivity contribution in [2.24, 2.45) is 0 Å². The van der Waals surface area contributed by atoms with Crippen LogP contribution in [0.5, 0.6) is 0 Å². The Morgan fingerprint density at radius 3 is 3.00 bits per heavy atom. The summed E-state index contributed by atoms with van der Waals surface area (Å²) < 4.78 is 0. The van der Waals surface area contributed by atoms with E-state index in [9.17, 15) is 4.79 Å². The first-order valence-corrected chi connectivity index (χ1v) is 3.68. The van der Waals surface area contributed by atoms with Gasteiger partial charge in [-0.25, -0.2) is 0 Å². The van der Waals surface area contributed by atoms with Crippen LogP contribution in [0.15, 0.2) is 0 Å². The number of tetrazole rings is 1. The van der Waals surface area contributed by atoms with Gasteiger partial charge in [-0.1, -0.05) is 5.21 Å². The molecule has 6 heteroatoms. The second-order valence-corrected chi connectivity index (χ2v) is 2.57. The number of nitrogens with one attached hydrogen (secondary N) is 1. The maximum Gasteiger partial charge on any atom is 0.185 e. The molecule has 0 unspecified atom stereocenters. The van der Waals surface area contributed by atoms with E-state index in [1.54, 1.807) is 0 Å². The van der Waals surface area contributed by atoms with Crippen molar-refractivity contribution in [1.29, 1.82) is 0 Å². The van der Waals surface area contributed by atoms with Crippen molar-refractivity contribution in [3.05, 3.63) is 5.82 Å². The van der Waals surface area contributed by atoms with Crippen molar-refractivity contribution in [3.63, 3.8) is 0 Å². The highest BCUT2D eigenvalue weighted by atomic mass is 32.1. The van der Waals surface area contributed by atoms with Crippen LogP contribution in [0.25, 0.3) is 0 Å².